The van der Waals surface area contributed by atoms with Crippen molar-refractivity contribution in [3.8, 4) is 0 Å². The van der Waals surface area contributed by atoms with Crippen LogP contribution < -0.4 is 5.56 Å². The summed E-state index contributed by atoms with van der Waals surface area (Å²) >= 11 is 0. The molecule has 6 heteroatoms. The van der Waals surface area contributed by atoms with Crippen molar-refractivity contribution in [3.05, 3.63) is 33.2 Å². The number of aromatic nitrogens is 1. The van der Waals surface area contributed by atoms with Crippen molar-refractivity contribution in [1.29, 1.82) is 0 Å². The topological polar surface area (TPSA) is 59.2 Å². The monoisotopic (exact) mass is 231 g/mol. The van der Waals surface area contributed by atoms with Gasteiger partial charge in [0.05, 0.1) is 13.5 Å². The highest BCUT2D eigenvalue weighted by Crippen LogP contribution is 2.24. The van der Waals surface area contributed by atoms with Gasteiger partial charge in [-0.1, -0.05) is 0 Å². The van der Waals surface area contributed by atoms with Crippen LogP contribution in [0.15, 0.2) is 10.9 Å². The number of alkyl halides is 2. The molecule has 0 aromatic carbocycles. The lowest BCUT2D eigenvalue weighted by Gasteiger charge is -2.10. The second-order valence-corrected chi connectivity index (χ2v) is 3.25. The molecule has 0 saturated carbocycles. The molecular weight excluding hydrogens is 220 g/mol. The Morgan fingerprint density at radius 2 is 2.19 bits per heavy atom. The third-order valence-electron chi connectivity index (χ3n) is 2.15. The summed E-state index contributed by atoms with van der Waals surface area (Å²) in [6.07, 6.45) is -3.07. The molecule has 0 spiro atoms. The van der Waals surface area contributed by atoms with Gasteiger partial charge in [-0.2, -0.15) is 0 Å². The zero-order valence-electron chi connectivity index (χ0n) is 8.84. The molecule has 0 fully saturated rings. The number of halogens is 2. The van der Waals surface area contributed by atoms with Crippen molar-refractivity contribution < 1.29 is 18.3 Å². The Labute approximate surface area is 90.2 Å². The number of aromatic amines is 1. The highest BCUT2D eigenvalue weighted by molar-refractivity contribution is 5.73. The number of carbonyl (C=O) groups excluding carboxylic acids is 1. The molecule has 88 valence electrons. The Bertz CT molecular complexity index is 454. The number of esters is 1. The van der Waals surface area contributed by atoms with E-state index in [1.165, 1.54) is 6.92 Å². The summed E-state index contributed by atoms with van der Waals surface area (Å²) in [6.45, 7) is 1.36. The van der Waals surface area contributed by atoms with Gasteiger partial charge in [-0.25, -0.2) is 8.78 Å². The minimum atomic E-state index is -2.74. The molecule has 0 bridgehead atoms. The standard InChI is InChI=1S/C10H11F2NO3/c1-5-9(10(11)12)6(3-7(14)13-5)4-8(15)16-2/h3,10H,4H2,1-2H3,(H,13,14). The lowest BCUT2D eigenvalue weighted by atomic mass is 10.0. The molecule has 1 heterocycles. The Morgan fingerprint density at radius 1 is 1.56 bits per heavy atom. The van der Waals surface area contributed by atoms with Crippen molar-refractivity contribution in [2.45, 2.75) is 19.8 Å². The van der Waals surface area contributed by atoms with Crippen LogP contribution in [0.2, 0.25) is 0 Å². The molecule has 1 rings (SSSR count). The Morgan fingerprint density at radius 3 is 2.69 bits per heavy atom. The first kappa shape index (κ1) is 12.4. The summed E-state index contributed by atoms with van der Waals surface area (Å²) in [5, 5.41) is 0. The molecule has 0 aliphatic rings. The maximum Gasteiger partial charge on any atom is 0.309 e. The van der Waals surface area contributed by atoms with E-state index in [1.54, 1.807) is 0 Å². The Kier molecular flexibility index (Phi) is 3.76. The summed E-state index contributed by atoms with van der Waals surface area (Å²) in [5.41, 5.74) is -0.754. The average Bonchev–Trinajstić information content (AvgIpc) is 2.15. The number of nitrogens with one attached hydrogen (secondary N) is 1. The second kappa shape index (κ2) is 4.87. The van der Waals surface area contributed by atoms with Gasteiger partial charge in [-0.3, -0.25) is 9.59 Å². The van der Waals surface area contributed by atoms with Crippen molar-refractivity contribution in [3.63, 3.8) is 0 Å². The highest BCUT2D eigenvalue weighted by atomic mass is 19.3. The molecule has 1 aromatic heterocycles. The van der Waals surface area contributed by atoms with Gasteiger partial charge < -0.3 is 9.72 Å². The summed E-state index contributed by atoms with van der Waals surface area (Å²) in [4.78, 5) is 24.4. The lowest BCUT2D eigenvalue weighted by molar-refractivity contribution is -0.139. The van der Waals surface area contributed by atoms with E-state index < -0.39 is 18.0 Å². The van der Waals surface area contributed by atoms with E-state index in [-0.39, 0.29) is 23.2 Å². The molecule has 0 aliphatic carbocycles. The molecule has 0 aliphatic heterocycles. The number of ether oxygens (including phenoxy) is 1. The maximum absolute atomic E-state index is 12.7. The lowest BCUT2D eigenvalue weighted by Crippen LogP contribution is -2.15. The van der Waals surface area contributed by atoms with Gasteiger partial charge in [-0.05, 0) is 12.5 Å². The number of hydrogen-bond donors (Lipinski definition) is 1. The van der Waals surface area contributed by atoms with E-state index in [4.69, 9.17) is 0 Å². The van der Waals surface area contributed by atoms with Crippen molar-refractivity contribution in [1.82, 2.24) is 4.98 Å². The zero-order chi connectivity index (χ0) is 12.3. The molecule has 0 amide bonds. The van der Waals surface area contributed by atoms with Crippen LogP contribution in [0.5, 0.6) is 0 Å². The quantitative estimate of drug-likeness (QED) is 0.798. The molecule has 0 atom stereocenters. The average molecular weight is 231 g/mol. The van der Waals surface area contributed by atoms with Crippen molar-refractivity contribution in [2.75, 3.05) is 7.11 Å². The minimum Gasteiger partial charge on any atom is -0.469 e. The van der Waals surface area contributed by atoms with E-state index >= 15 is 0 Å². The van der Waals surface area contributed by atoms with Gasteiger partial charge in [0.25, 0.3) is 6.43 Å². The Balaban J connectivity index is 3.24. The second-order valence-electron chi connectivity index (χ2n) is 3.25. The van der Waals surface area contributed by atoms with Crippen LogP contribution in [-0.4, -0.2) is 18.1 Å². The van der Waals surface area contributed by atoms with Crippen LogP contribution in [0.3, 0.4) is 0 Å². The number of methoxy groups -OCH3 is 1. The van der Waals surface area contributed by atoms with Crippen LogP contribution >= 0.6 is 0 Å². The van der Waals surface area contributed by atoms with Gasteiger partial charge >= 0.3 is 5.97 Å². The summed E-state index contributed by atoms with van der Waals surface area (Å²) in [7, 11) is 1.16. The fourth-order valence-corrected chi connectivity index (χ4v) is 1.44. The smallest absolute Gasteiger partial charge is 0.309 e. The van der Waals surface area contributed by atoms with E-state index in [2.05, 4.69) is 9.72 Å². The summed E-state index contributed by atoms with van der Waals surface area (Å²) in [6, 6.07) is 0.991. The van der Waals surface area contributed by atoms with Gasteiger partial charge in [0.15, 0.2) is 0 Å². The molecule has 4 nitrogen and oxygen atoms in total. The number of H-pyrrole nitrogens is 1. The van der Waals surface area contributed by atoms with Gasteiger partial charge in [0, 0.05) is 17.3 Å². The predicted octanol–water partition coefficient (Wildman–Crippen LogP) is 1.34. The maximum atomic E-state index is 12.7. The van der Waals surface area contributed by atoms with Gasteiger partial charge in [0.1, 0.15) is 0 Å². The normalized spacial score (nSPS) is 10.6. The fraction of sp³-hybridized carbons (Fsp3) is 0.400. The van der Waals surface area contributed by atoms with Crippen LogP contribution in [0.25, 0.3) is 0 Å². The molecule has 16 heavy (non-hydrogen) atoms. The first-order valence-corrected chi connectivity index (χ1v) is 4.53. The van der Waals surface area contributed by atoms with Crippen molar-refractivity contribution >= 4 is 5.97 Å². The highest BCUT2D eigenvalue weighted by Gasteiger charge is 2.19. The SMILES string of the molecule is COC(=O)Cc1cc(=O)[nH]c(C)c1C(F)F. The summed E-state index contributed by atoms with van der Waals surface area (Å²) in [5.74, 6) is -0.660. The van der Waals surface area contributed by atoms with E-state index in [1.807, 2.05) is 0 Å². The van der Waals surface area contributed by atoms with Gasteiger partial charge in [0.2, 0.25) is 5.56 Å². The van der Waals surface area contributed by atoms with E-state index in [9.17, 15) is 18.4 Å². The number of aryl methyl sites for hydroxylation is 1. The fourth-order valence-electron chi connectivity index (χ4n) is 1.44. The predicted molar refractivity (Wildman–Crippen MR) is 52.5 cm³/mol. The third kappa shape index (κ3) is 2.65. The first-order valence-electron chi connectivity index (χ1n) is 4.53. The number of carbonyl (C=O) groups is 1. The molecule has 0 radical (unpaired) electrons. The van der Waals surface area contributed by atoms with Crippen LogP contribution in [0, 0.1) is 6.92 Å². The van der Waals surface area contributed by atoms with E-state index in [0.717, 1.165) is 13.2 Å². The number of pyridine rings is 1. The molecule has 1 aromatic rings. The van der Waals surface area contributed by atoms with Crippen LogP contribution in [0.4, 0.5) is 8.78 Å². The van der Waals surface area contributed by atoms with Crippen molar-refractivity contribution in [2.24, 2.45) is 0 Å². The van der Waals surface area contributed by atoms with Gasteiger partial charge in [-0.15, -0.1) is 0 Å². The molecular formula is C10H11F2NO3. The van der Waals surface area contributed by atoms with Crippen LogP contribution in [0.1, 0.15) is 23.2 Å². The first-order chi connectivity index (χ1) is 7.45. The summed E-state index contributed by atoms with van der Waals surface area (Å²) < 4.78 is 29.8. The molecule has 0 saturated heterocycles. The minimum absolute atomic E-state index is 0.00287. The zero-order valence-corrected chi connectivity index (χ0v) is 8.84. The number of rotatable bonds is 3. The van der Waals surface area contributed by atoms with Crippen LogP contribution in [-0.2, 0) is 16.0 Å². The third-order valence-corrected chi connectivity index (χ3v) is 2.15. The van der Waals surface area contributed by atoms with E-state index in [0.29, 0.717) is 0 Å². The largest absolute Gasteiger partial charge is 0.469 e. The molecule has 1 N–H and O–H groups in total. The Hall–Kier alpha value is -1.72. The molecule has 0 unspecified atom stereocenters. The number of hydrogen-bond acceptors (Lipinski definition) is 3.